The topological polar surface area (TPSA) is 39.9 Å². The highest BCUT2D eigenvalue weighted by atomic mass is 35.5. The van der Waals surface area contributed by atoms with Crippen LogP contribution in [0.1, 0.15) is 19.4 Å². The molecule has 0 amide bonds. The summed E-state index contributed by atoms with van der Waals surface area (Å²) < 4.78 is 7.82. The minimum atomic E-state index is 0.487. The normalized spacial score (nSPS) is 11.1. The van der Waals surface area contributed by atoms with E-state index in [0.717, 1.165) is 27.9 Å². The standard InChI is InChI=1S/C22H23Cl2N3OS/c1-4-11-27-21(17-6-8-18(9-7-17)28-13-15(2)3)25-26-22(27)29-14-16-5-10-19(23)20(24)12-16/h4-10,12,15H,1,11,13-14H2,2-3H3. The quantitative estimate of drug-likeness (QED) is 0.268. The number of thioether (sulfide) groups is 1. The largest absolute Gasteiger partial charge is 0.493 e. The van der Waals surface area contributed by atoms with Crippen molar-refractivity contribution < 1.29 is 4.74 Å². The second kappa shape index (κ2) is 10.2. The lowest BCUT2D eigenvalue weighted by atomic mass is 10.2. The Morgan fingerprint density at radius 3 is 2.52 bits per heavy atom. The monoisotopic (exact) mass is 447 g/mol. The van der Waals surface area contributed by atoms with Crippen molar-refractivity contribution >= 4 is 35.0 Å². The third-order valence-corrected chi connectivity index (χ3v) is 5.85. The lowest BCUT2D eigenvalue weighted by Gasteiger charge is -2.10. The molecule has 0 saturated heterocycles. The molecule has 0 bridgehead atoms. The zero-order valence-corrected chi connectivity index (χ0v) is 18.8. The zero-order valence-electron chi connectivity index (χ0n) is 16.4. The molecule has 0 radical (unpaired) electrons. The van der Waals surface area contributed by atoms with Crippen LogP contribution in [0.2, 0.25) is 10.0 Å². The highest BCUT2D eigenvalue weighted by Gasteiger charge is 2.14. The van der Waals surface area contributed by atoms with Gasteiger partial charge in [-0.15, -0.1) is 16.8 Å². The van der Waals surface area contributed by atoms with Crippen molar-refractivity contribution in [2.24, 2.45) is 5.92 Å². The predicted octanol–water partition coefficient (Wildman–Crippen LogP) is 6.77. The number of nitrogens with zero attached hydrogens (tertiary/aromatic N) is 3. The second-order valence-corrected chi connectivity index (χ2v) is 8.73. The molecule has 0 aliphatic heterocycles. The molecular weight excluding hydrogens is 425 g/mol. The van der Waals surface area contributed by atoms with E-state index in [-0.39, 0.29) is 0 Å². The van der Waals surface area contributed by atoms with Gasteiger partial charge in [0.25, 0.3) is 0 Å². The Balaban J connectivity index is 1.77. The predicted molar refractivity (Wildman–Crippen MR) is 122 cm³/mol. The fraction of sp³-hybridized carbons (Fsp3) is 0.273. The minimum Gasteiger partial charge on any atom is -0.493 e. The van der Waals surface area contributed by atoms with E-state index in [2.05, 4.69) is 35.2 Å². The molecular formula is C22H23Cl2N3OS. The molecule has 0 fully saturated rings. The first kappa shape index (κ1) is 21.8. The van der Waals surface area contributed by atoms with Gasteiger partial charge in [-0.05, 0) is 47.9 Å². The number of rotatable bonds is 9. The first-order valence-corrected chi connectivity index (χ1v) is 11.1. The first-order chi connectivity index (χ1) is 14.0. The van der Waals surface area contributed by atoms with E-state index in [0.29, 0.717) is 34.9 Å². The van der Waals surface area contributed by atoms with Crippen LogP contribution in [-0.2, 0) is 12.3 Å². The fourth-order valence-corrected chi connectivity index (χ4v) is 3.85. The maximum Gasteiger partial charge on any atom is 0.192 e. The molecule has 0 unspecified atom stereocenters. The third-order valence-electron chi connectivity index (χ3n) is 4.08. The van der Waals surface area contributed by atoms with E-state index in [1.807, 2.05) is 48.5 Å². The smallest absolute Gasteiger partial charge is 0.192 e. The van der Waals surface area contributed by atoms with Crippen molar-refractivity contribution in [2.45, 2.75) is 31.3 Å². The van der Waals surface area contributed by atoms with Gasteiger partial charge in [0.2, 0.25) is 0 Å². The Morgan fingerprint density at radius 2 is 1.86 bits per heavy atom. The molecule has 3 aromatic rings. The van der Waals surface area contributed by atoms with E-state index in [9.17, 15) is 0 Å². The van der Waals surface area contributed by atoms with Crippen molar-refractivity contribution in [2.75, 3.05) is 6.61 Å². The van der Waals surface area contributed by atoms with E-state index < -0.39 is 0 Å². The first-order valence-electron chi connectivity index (χ1n) is 9.32. The molecule has 2 aromatic carbocycles. The molecule has 7 heteroatoms. The summed E-state index contributed by atoms with van der Waals surface area (Å²) in [5.41, 5.74) is 2.06. The number of halogens is 2. The number of ether oxygens (including phenoxy) is 1. The SMILES string of the molecule is C=CCn1c(SCc2ccc(Cl)c(Cl)c2)nnc1-c1ccc(OCC(C)C)cc1. The van der Waals surface area contributed by atoms with Crippen LogP contribution in [-0.4, -0.2) is 21.4 Å². The van der Waals surface area contributed by atoms with Crippen LogP contribution in [0.3, 0.4) is 0 Å². The summed E-state index contributed by atoms with van der Waals surface area (Å²) in [6, 6.07) is 13.6. The number of allylic oxidation sites excluding steroid dienone is 1. The Bertz CT molecular complexity index is 971. The summed E-state index contributed by atoms with van der Waals surface area (Å²) >= 11 is 13.7. The zero-order chi connectivity index (χ0) is 20.8. The van der Waals surface area contributed by atoms with Crippen molar-refractivity contribution in [3.8, 4) is 17.1 Å². The summed E-state index contributed by atoms with van der Waals surface area (Å²) in [7, 11) is 0. The molecule has 152 valence electrons. The molecule has 29 heavy (non-hydrogen) atoms. The van der Waals surface area contributed by atoms with Gasteiger partial charge in [-0.2, -0.15) is 0 Å². The average Bonchev–Trinajstić information content (AvgIpc) is 3.10. The Kier molecular flexibility index (Phi) is 7.64. The Labute approximate surface area is 185 Å². The highest BCUT2D eigenvalue weighted by Crippen LogP contribution is 2.29. The van der Waals surface area contributed by atoms with Crippen LogP contribution in [0.4, 0.5) is 0 Å². The lowest BCUT2D eigenvalue weighted by molar-refractivity contribution is 0.271. The lowest BCUT2D eigenvalue weighted by Crippen LogP contribution is -2.04. The van der Waals surface area contributed by atoms with Gasteiger partial charge in [0, 0.05) is 17.9 Å². The van der Waals surface area contributed by atoms with Gasteiger partial charge in [0.05, 0.1) is 16.7 Å². The summed E-state index contributed by atoms with van der Waals surface area (Å²) in [4.78, 5) is 0. The van der Waals surface area contributed by atoms with Crippen LogP contribution in [0, 0.1) is 5.92 Å². The molecule has 1 heterocycles. The van der Waals surface area contributed by atoms with Crippen LogP contribution in [0.15, 0.2) is 60.3 Å². The van der Waals surface area contributed by atoms with E-state index in [1.54, 1.807) is 11.8 Å². The molecule has 3 rings (SSSR count). The Morgan fingerprint density at radius 1 is 1.10 bits per heavy atom. The van der Waals surface area contributed by atoms with Gasteiger partial charge in [0.1, 0.15) is 5.75 Å². The van der Waals surface area contributed by atoms with E-state index in [1.165, 1.54) is 0 Å². The maximum absolute atomic E-state index is 6.12. The number of aromatic nitrogens is 3. The number of hydrogen-bond donors (Lipinski definition) is 0. The van der Waals surface area contributed by atoms with Crippen molar-refractivity contribution in [1.82, 2.24) is 14.8 Å². The summed E-state index contributed by atoms with van der Waals surface area (Å²) in [5.74, 6) is 2.86. The highest BCUT2D eigenvalue weighted by molar-refractivity contribution is 7.98. The molecule has 4 nitrogen and oxygen atoms in total. The van der Waals surface area contributed by atoms with Gasteiger partial charge in [-0.3, -0.25) is 4.57 Å². The van der Waals surface area contributed by atoms with Gasteiger partial charge in [0.15, 0.2) is 11.0 Å². The second-order valence-electron chi connectivity index (χ2n) is 6.97. The van der Waals surface area contributed by atoms with Crippen LogP contribution < -0.4 is 4.74 Å². The van der Waals surface area contributed by atoms with E-state index >= 15 is 0 Å². The third kappa shape index (κ3) is 5.78. The molecule has 0 aliphatic rings. The summed E-state index contributed by atoms with van der Waals surface area (Å²) in [6.45, 7) is 9.44. The minimum absolute atomic E-state index is 0.487. The van der Waals surface area contributed by atoms with Gasteiger partial charge in [-0.1, -0.05) is 61.0 Å². The van der Waals surface area contributed by atoms with Crippen LogP contribution in [0.25, 0.3) is 11.4 Å². The summed E-state index contributed by atoms with van der Waals surface area (Å²) in [6.07, 6.45) is 1.84. The number of benzene rings is 2. The van der Waals surface area contributed by atoms with Gasteiger partial charge in [-0.25, -0.2) is 0 Å². The van der Waals surface area contributed by atoms with E-state index in [4.69, 9.17) is 27.9 Å². The fourth-order valence-electron chi connectivity index (χ4n) is 2.64. The molecule has 0 atom stereocenters. The number of hydrogen-bond acceptors (Lipinski definition) is 4. The molecule has 0 spiro atoms. The van der Waals surface area contributed by atoms with Gasteiger partial charge >= 0.3 is 0 Å². The van der Waals surface area contributed by atoms with Crippen molar-refractivity contribution in [3.05, 3.63) is 70.7 Å². The average molecular weight is 448 g/mol. The molecule has 1 aromatic heterocycles. The van der Waals surface area contributed by atoms with Crippen molar-refractivity contribution in [3.63, 3.8) is 0 Å². The Hall–Kier alpha value is -1.95. The molecule has 0 N–H and O–H groups in total. The van der Waals surface area contributed by atoms with Crippen LogP contribution >= 0.6 is 35.0 Å². The molecule has 0 aliphatic carbocycles. The van der Waals surface area contributed by atoms with Crippen LogP contribution in [0.5, 0.6) is 5.75 Å². The summed E-state index contributed by atoms with van der Waals surface area (Å²) in [5, 5.41) is 10.7. The van der Waals surface area contributed by atoms with Gasteiger partial charge < -0.3 is 4.74 Å². The van der Waals surface area contributed by atoms with Crippen molar-refractivity contribution in [1.29, 1.82) is 0 Å². The maximum atomic E-state index is 6.12. The molecule has 0 saturated carbocycles.